The van der Waals surface area contributed by atoms with Crippen LogP contribution in [0.4, 0.5) is 0 Å². The van der Waals surface area contributed by atoms with Gasteiger partial charge in [0.1, 0.15) is 42.3 Å². The van der Waals surface area contributed by atoms with Crippen LogP contribution in [0.2, 0.25) is 0 Å². The number of amides is 12. The SMILES string of the molecule is CSC[C@H](NC(=O)[C@H](CC(N)=O)NC(=O)[C@@H](NC(=O)[C@H](CCC(N)=O)NC(=O)CNC(=O)[C@H](CC(N)=O)NC(=O)[C@H](CCCCN)NC(=O)[C@H](CSC)NC(C)=O)[C@@H](C)O)C(N)=O. The minimum Gasteiger partial charge on any atom is -0.391 e. The molecule has 0 aromatic carbocycles. The van der Waals surface area contributed by atoms with Gasteiger partial charge in [-0.05, 0) is 51.7 Å². The van der Waals surface area contributed by atoms with Gasteiger partial charge >= 0.3 is 0 Å². The van der Waals surface area contributed by atoms with Gasteiger partial charge in [-0.15, -0.1) is 0 Å². The third-order valence-electron chi connectivity index (χ3n) is 8.49. The standard InChI is InChI=1S/C35H61N13O13S2/c1-16(49)28(35(61)46-21(12-26(39)53)33(59)47-22(14-62-3)29(40)55)48-32(58)19(8-9-24(37)51)43-27(54)13-41-30(56)20(11-25(38)52)45-31(57)18(7-5-6-10-36)44-34(60)23(15-63-4)42-17(2)50/h16,18-23,28,49H,5-15,36H2,1-4H3,(H2,37,51)(H2,38,52)(H2,39,53)(H2,40,55)(H,41,56)(H,42,50)(H,43,54)(H,44,60)(H,45,57)(H,46,61)(H,47,59)(H,48,58)/t16-,18+,19+,20+,21+,22+,23+,28+/m1/s1. The molecule has 356 valence electrons. The van der Waals surface area contributed by atoms with Gasteiger partial charge < -0.3 is 76.3 Å². The van der Waals surface area contributed by atoms with Crippen molar-refractivity contribution in [3.63, 3.8) is 0 Å². The first-order valence-electron chi connectivity index (χ1n) is 19.3. The van der Waals surface area contributed by atoms with Crippen molar-refractivity contribution >= 4 is 94.4 Å². The Balaban J connectivity index is 6.12. The maximum Gasteiger partial charge on any atom is 0.245 e. The van der Waals surface area contributed by atoms with Crippen molar-refractivity contribution in [3.05, 3.63) is 0 Å². The van der Waals surface area contributed by atoms with Gasteiger partial charge in [-0.2, -0.15) is 23.5 Å². The average molecular weight is 936 g/mol. The molecule has 12 amide bonds. The lowest BCUT2D eigenvalue weighted by Crippen LogP contribution is -2.61. The number of nitrogens with two attached hydrogens (primary N) is 5. The third kappa shape index (κ3) is 23.9. The van der Waals surface area contributed by atoms with Gasteiger partial charge in [0.2, 0.25) is 70.9 Å². The molecule has 0 aliphatic heterocycles. The van der Waals surface area contributed by atoms with Gasteiger partial charge in [-0.3, -0.25) is 57.5 Å². The van der Waals surface area contributed by atoms with E-state index in [4.69, 9.17) is 28.7 Å². The van der Waals surface area contributed by atoms with Crippen LogP contribution in [-0.4, -0.2) is 161 Å². The zero-order valence-corrected chi connectivity index (χ0v) is 37.1. The van der Waals surface area contributed by atoms with E-state index in [0.717, 1.165) is 18.7 Å². The summed E-state index contributed by atoms with van der Waals surface area (Å²) < 4.78 is 0. The van der Waals surface area contributed by atoms with Crippen molar-refractivity contribution in [1.82, 2.24) is 42.5 Å². The Morgan fingerprint density at radius 2 is 1.00 bits per heavy atom. The molecule has 0 saturated carbocycles. The van der Waals surface area contributed by atoms with E-state index < -0.39 is 152 Å². The highest BCUT2D eigenvalue weighted by molar-refractivity contribution is 7.98. The number of aliphatic hydroxyl groups excluding tert-OH is 1. The van der Waals surface area contributed by atoms with Crippen LogP contribution >= 0.6 is 23.5 Å². The second-order valence-corrected chi connectivity index (χ2v) is 15.8. The predicted molar refractivity (Wildman–Crippen MR) is 229 cm³/mol. The molecule has 19 N–H and O–H groups in total. The van der Waals surface area contributed by atoms with E-state index in [9.17, 15) is 62.6 Å². The van der Waals surface area contributed by atoms with Crippen LogP contribution in [-0.2, 0) is 57.5 Å². The third-order valence-corrected chi connectivity index (χ3v) is 9.83. The normalized spacial score (nSPS) is 14.6. The van der Waals surface area contributed by atoms with Crippen LogP contribution in [0.5, 0.6) is 0 Å². The number of primary amides is 4. The van der Waals surface area contributed by atoms with Crippen molar-refractivity contribution in [1.29, 1.82) is 0 Å². The molecule has 63 heavy (non-hydrogen) atoms. The van der Waals surface area contributed by atoms with Crippen LogP contribution in [0.3, 0.4) is 0 Å². The highest BCUT2D eigenvalue weighted by atomic mass is 32.2. The number of nitrogens with one attached hydrogen (secondary N) is 8. The van der Waals surface area contributed by atoms with Crippen LogP contribution in [0.15, 0.2) is 0 Å². The molecule has 0 aliphatic carbocycles. The van der Waals surface area contributed by atoms with Crippen molar-refractivity contribution in [2.24, 2.45) is 28.7 Å². The Labute approximate surface area is 371 Å². The summed E-state index contributed by atoms with van der Waals surface area (Å²) in [6.45, 7) is 1.65. The maximum atomic E-state index is 13.4. The van der Waals surface area contributed by atoms with E-state index in [0.29, 0.717) is 12.8 Å². The number of carbonyl (C=O) groups is 12. The molecule has 26 nitrogen and oxygen atoms in total. The zero-order chi connectivity index (χ0) is 48.4. The van der Waals surface area contributed by atoms with Gasteiger partial charge in [-0.1, -0.05) is 0 Å². The van der Waals surface area contributed by atoms with Gasteiger partial charge in [0.25, 0.3) is 0 Å². The molecular weight excluding hydrogens is 875 g/mol. The van der Waals surface area contributed by atoms with Crippen molar-refractivity contribution in [2.45, 2.75) is 107 Å². The zero-order valence-electron chi connectivity index (χ0n) is 35.4. The Morgan fingerprint density at radius 1 is 0.540 bits per heavy atom. The van der Waals surface area contributed by atoms with Crippen LogP contribution in [0.25, 0.3) is 0 Å². The summed E-state index contributed by atoms with van der Waals surface area (Å²) >= 11 is 2.41. The first-order chi connectivity index (χ1) is 29.5. The van der Waals surface area contributed by atoms with E-state index in [1.807, 2.05) is 0 Å². The number of hydrogen-bond donors (Lipinski definition) is 14. The minimum atomic E-state index is -1.87. The molecule has 0 aromatic heterocycles. The molecule has 0 rings (SSSR count). The molecule has 0 aromatic rings. The van der Waals surface area contributed by atoms with Gasteiger partial charge in [-0.25, -0.2) is 0 Å². The Bertz CT molecular complexity index is 1660. The van der Waals surface area contributed by atoms with Crippen molar-refractivity contribution in [2.75, 3.05) is 37.1 Å². The minimum absolute atomic E-state index is 0.0383. The highest BCUT2D eigenvalue weighted by Crippen LogP contribution is 2.07. The largest absolute Gasteiger partial charge is 0.391 e. The van der Waals surface area contributed by atoms with E-state index in [1.165, 1.54) is 18.7 Å². The number of thioether (sulfide) groups is 2. The maximum absolute atomic E-state index is 13.4. The average Bonchev–Trinajstić information content (AvgIpc) is 3.18. The summed E-state index contributed by atoms with van der Waals surface area (Å²) in [6, 6.07) is -10.4. The van der Waals surface area contributed by atoms with Gasteiger partial charge in [0.05, 0.1) is 25.5 Å². The number of carbonyl (C=O) groups excluding carboxylic acids is 12. The fraction of sp³-hybridized carbons (Fsp3) is 0.657. The molecule has 8 atom stereocenters. The molecule has 0 unspecified atom stereocenters. The summed E-state index contributed by atoms with van der Waals surface area (Å²) in [5, 5.41) is 28.8. The number of unbranched alkanes of at least 4 members (excludes halogenated alkanes) is 1. The molecule has 0 fully saturated rings. The summed E-state index contributed by atoms with van der Waals surface area (Å²) in [4.78, 5) is 151. The van der Waals surface area contributed by atoms with E-state index in [1.54, 1.807) is 12.5 Å². The second-order valence-electron chi connectivity index (χ2n) is 14.0. The molecule has 28 heteroatoms. The van der Waals surface area contributed by atoms with Crippen molar-refractivity contribution in [3.8, 4) is 0 Å². The number of rotatable bonds is 32. The molecule has 0 heterocycles. The fourth-order valence-electron chi connectivity index (χ4n) is 5.37. The lowest BCUT2D eigenvalue weighted by atomic mass is 10.1. The Morgan fingerprint density at radius 3 is 1.49 bits per heavy atom. The number of hydrogen-bond acceptors (Lipinski definition) is 16. The highest BCUT2D eigenvalue weighted by Gasteiger charge is 2.35. The van der Waals surface area contributed by atoms with Gasteiger partial charge in [0, 0.05) is 24.9 Å². The summed E-state index contributed by atoms with van der Waals surface area (Å²) in [5.74, 6) is -11.4. The van der Waals surface area contributed by atoms with Gasteiger partial charge in [0.15, 0.2) is 0 Å². The monoisotopic (exact) mass is 935 g/mol. The molecular formula is C35H61N13O13S2. The molecule has 0 aliphatic rings. The predicted octanol–water partition coefficient (Wildman–Crippen LogP) is -7.75. The van der Waals surface area contributed by atoms with Crippen molar-refractivity contribution < 1.29 is 62.6 Å². The Hall–Kier alpha value is -5.74. The summed E-state index contributed by atoms with van der Waals surface area (Å²) in [6.07, 6.45) is -0.0210. The number of aliphatic hydroxyl groups is 1. The van der Waals surface area contributed by atoms with Crippen LogP contribution in [0.1, 0.15) is 58.8 Å². The summed E-state index contributed by atoms with van der Waals surface area (Å²) in [5.41, 5.74) is 26.7. The Kier molecular flexibility index (Phi) is 27.6. The molecule has 0 radical (unpaired) electrons. The second kappa shape index (κ2) is 30.3. The quantitative estimate of drug-likeness (QED) is 0.0279. The molecule has 0 spiro atoms. The fourth-order valence-corrected chi connectivity index (χ4v) is 6.52. The molecule has 0 bridgehead atoms. The lowest BCUT2D eigenvalue weighted by molar-refractivity contribution is -0.137. The molecule has 0 saturated heterocycles. The smallest absolute Gasteiger partial charge is 0.245 e. The van der Waals surface area contributed by atoms with E-state index >= 15 is 0 Å². The van der Waals surface area contributed by atoms with Crippen LogP contribution in [0, 0.1) is 0 Å². The first kappa shape index (κ1) is 57.3. The van der Waals surface area contributed by atoms with E-state index in [2.05, 4.69) is 42.5 Å². The first-order valence-corrected chi connectivity index (χ1v) is 22.1. The summed E-state index contributed by atoms with van der Waals surface area (Å²) in [7, 11) is 0. The lowest BCUT2D eigenvalue weighted by Gasteiger charge is -2.27. The van der Waals surface area contributed by atoms with E-state index in [-0.39, 0.29) is 24.5 Å². The topological polar surface area (TPSA) is 451 Å². The van der Waals surface area contributed by atoms with Crippen LogP contribution < -0.4 is 71.2 Å².